The highest BCUT2D eigenvalue weighted by molar-refractivity contribution is 5.53. The van der Waals surface area contributed by atoms with Crippen molar-refractivity contribution < 1.29 is 14.2 Å². The van der Waals surface area contributed by atoms with Gasteiger partial charge in [-0.05, 0) is 37.1 Å². The lowest BCUT2D eigenvalue weighted by Gasteiger charge is -2.20. The molecule has 0 unspecified atom stereocenters. The average molecular weight is 263 g/mol. The minimum atomic E-state index is 0.146. The van der Waals surface area contributed by atoms with Gasteiger partial charge in [0.2, 0.25) is 0 Å². The average Bonchev–Trinajstić information content (AvgIpc) is 2.49. The topological polar surface area (TPSA) is 44.5 Å². The summed E-state index contributed by atoms with van der Waals surface area (Å²) in [4.78, 5) is 0. The second kappa shape index (κ2) is 7.02. The van der Waals surface area contributed by atoms with Crippen LogP contribution in [0.25, 0.3) is 0 Å². The maximum Gasteiger partial charge on any atom is 0.188 e. The summed E-state index contributed by atoms with van der Waals surface area (Å²) in [6, 6.07) is 7.50. The van der Waals surface area contributed by atoms with E-state index in [1.54, 1.807) is 13.3 Å². The molecule has 4 nitrogen and oxygen atoms in total. The van der Waals surface area contributed by atoms with Gasteiger partial charge in [0.1, 0.15) is 11.5 Å². The molecule has 0 saturated heterocycles. The smallest absolute Gasteiger partial charge is 0.188 e. The molecule has 0 N–H and O–H groups in total. The van der Waals surface area contributed by atoms with E-state index in [0.717, 1.165) is 41.9 Å². The number of ether oxygens (including phenoxy) is 2. The largest absolute Gasteiger partial charge is 0.624 e. The van der Waals surface area contributed by atoms with Gasteiger partial charge in [-0.25, -0.2) is 4.74 Å². The Morgan fingerprint density at radius 2 is 1.79 bits per heavy atom. The summed E-state index contributed by atoms with van der Waals surface area (Å²) in [5.74, 6) is 1.54. The van der Waals surface area contributed by atoms with E-state index in [4.69, 9.17) is 9.47 Å². The van der Waals surface area contributed by atoms with Crippen molar-refractivity contribution in [3.8, 4) is 11.5 Å². The fourth-order valence-corrected chi connectivity index (χ4v) is 2.36. The number of methoxy groups -OCH3 is 1. The summed E-state index contributed by atoms with van der Waals surface area (Å²) in [7, 11) is 1.63. The lowest BCUT2D eigenvalue weighted by molar-refractivity contribution is -0.502. The van der Waals surface area contributed by atoms with E-state index in [1.807, 2.05) is 24.3 Å². The van der Waals surface area contributed by atoms with Crippen molar-refractivity contribution in [3.63, 3.8) is 0 Å². The summed E-state index contributed by atoms with van der Waals surface area (Å²) in [6.07, 6.45) is 7.19. The molecule has 1 saturated carbocycles. The number of nitrogens with zero attached hydrogens (tertiary/aromatic N) is 1. The predicted octanol–water partition coefficient (Wildman–Crippen LogP) is 2.99. The number of benzene rings is 1. The molecule has 4 heteroatoms. The zero-order chi connectivity index (χ0) is 13.5. The Balaban J connectivity index is 1.80. The van der Waals surface area contributed by atoms with Gasteiger partial charge in [-0.2, -0.15) is 0 Å². The van der Waals surface area contributed by atoms with Crippen LogP contribution in [0.4, 0.5) is 0 Å². The third-order valence-corrected chi connectivity index (χ3v) is 3.50. The molecule has 0 amide bonds. The Morgan fingerprint density at radius 3 is 2.42 bits per heavy atom. The molecule has 0 atom stereocenters. The lowest BCUT2D eigenvalue weighted by atomic mass is 9.96. The fraction of sp³-hybridized carbons (Fsp3) is 0.533. The van der Waals surface area contributed by atoms with Gasteiger partial charge in [-0.3, -0.25) is 0 Å². The van der Waals surface area contributed by atoms with Crippen LogP contribution in [0.15, 0.2) is 24.3 Å². The zero-order valence-corrected chi connectivity index (χ0v) is 11.4. The second-order valence-corrected chi connectivity index (χ2v) is 4.82. The van der Waals surface area contributed by atoms with E-state index < -0.39 is 0 Å². The van der Waals surface area contributed by atoms with Crippen molar-refractivity contribution in [1.82, 2.24) is 0 Å². The molecule has 0 heterocycles. The maximum atomic E-state index is 11.8. The third kappa shape index (κ3) is 4.16. The lowest BCUT2D eigenvalue weighted by Crippen LogP contribution is -2.26. The first-order valence-electron chi connectivity index (χ1n) is 6.85. The van der Waals surface area contributed by atoms with Crippen LogP contribution in [-0.2, 0) is 0 Å². The zero-order valence-electron chi connectivity index (χ0n) is 11.4. The molecule has 1 aromatic rings. The van der Waals surface area contributed by atoms with Crippen LogP contribution in [0.1, 0.15) is 32.1 Å². The Kier molecular flexibility index (Phi) is 5.07. The number of hydrogen-bond acceptors (Lipinski definition) is 3. The van der Waals surface area contributed by atoms with E-state index in [0.29, 0.717) is 6.61 Å². The summed E-state index contributed by atoms with van der Waals surface area (Å²) >= 11 is 0. The third-order valence-electron chi connectivity index (χ3n) is 3.50. The first-order chi connectivity index (χ1) is 9.29. The Bertz CT molecular complexity index is 408. The highest BCUT2D eigenvalue weighted by Gasteiger charge is 2.19. The van der Waals surface area contributed by atoms with Crippen LogP contribution in [0.3, 0.4) is 0 Å². The molecule has 0 radical (unpaired) electrons. The minimum absolute atomic E-state index is 0.146. The van der Waals surface area contributed by atoms with Crippen molar-refractivity contribution >= 4 is 6.21 Å². The number of hydroxylamine groups is 1. The summed E-state index contributed by atoms with van der Waals surface area (Å²) in [5.41, 5.74) is 0. The standard InChI is InChI=1S/C15H21NO3/c1-18-14-7-9-15(10-8-14)19-12-11-16(17)13-5-3-2-4-6-13/h7-11,13H,2-6,12H2,1H3/b16-11-. The van der Waals surface area contributed by atoms with Gasteiger partial charge in [-0.15, -0.1) is 0 Å². The Labute approximate surface area is 114 Å². The molecule has 0 bridgehead atoms. The Morgan fingerprint density at radius 1 is 1.16 bits per heavy atom. The van der Waals surface area contributed by atoms with Crippen LogP contribution in [-0.4, -0.2) is 30.7 Å². The predicted molar refractivity (Wildman–Crippen MR) is 75.1 cm³/mol. The molecule has 19 heavy (non-hydrogen) atoms. The molecule has 1 aromatic carbocycles. The van der Waals surface area contributed by atoms with Crippen molar-refractivity contribution in [1.29, 1.82) is 0 Å². The molecule has 1 fully saturated rings. The van der Waals surface area contributed by atoms with Gasteiger partial charge in [0.15, 0.2) is 18.9 Å². The number of hydrogen-bond donors (Lipinski definition) is 0. The highest BCUT2D eigenvalue weighted by atomic mass is 16.5. The summed E-state index contributed by atoms with van der Waals surface area (Å²) in [6.45, 7) is 0.312. The first kappa shape index (κ1) is 13.7. The quantitative estimate of drug-likeness (QED) is 0.355. The van der Waals surface area contributed by atoms with Gasteiger partial charge < -0.3 is 14.7 Å². The van der Waals surface area contributed by atoms with Crippen LogP contribution in [0, 0.1) is 5.21 Å². The molecule has 0 aromatic heterocycles. The maximum absolute atomic E-state index is 11.8. The van der Waals surface area contributed by atoms with Crippen LogP contribution in [0.5, 0.6) is 11.5 Å². The van der Waals surface area contributed by atoms with Crippen LogP contribution < -0.4 is 9.47 Å². The van der Waals surface area contributed by atoms with Gasteiger partial charge in [-0.1, -0.05) is 6.42 Å². The molecular formula is C15H21NO3. The second-order valence-electron chi connectivity index (χ2n) is 4.82. The van der Waals surface area contributed by atoms with Crippen LogP contribution >= 0.6 is 0 Å². The van der Waals surface area contributed by atoms with Gasteiger partial charge in [0.05, 0.1) is 7.11 Å². The van der Waals surface area contributed by atoms with Crippen molar-refractivity contribution in [3.05, 3.63) is 29.5 Å². The van der Waals surface area contributed by atoms with Crippen LogP contribution in [0.2, 0.25) is 0 Å². The van der Waals surface area contributed by atoms with E-state index >= 15 is 0 Å². The van der Waals surface area contributed by atoms with Gasteiger partial charge in [0, 0.05) is 12.8 Å². The Hall–Kier alpha value is -1.71. The molecule has 0 aliphatic heterocycles. The molecule has 2 rings (SSSR count). The van der Waals surface area contributed by atoms with Crippen molar-refractivity contribution in [2.45, 2.75) is 38.1 Å². The highest BCUT2D eigenvalue weighted by Crippen LogP contribution is 2.19. The molecule has 1 aliphatic carbocycles. The molecular weight excluding hydrogens is 242 g/mol. The van der Waals surface area contributed by atoms with Crippen molar-refractivity contribution in [2.75, 3.05) is 13.7 Å². The van der Waals surface area contributed by atoms with Gasteiger partial charge in [0.25, 0.3) is 0 Å². The minimum Gasteiger partial charge on any atom is -0.624 e. The first-order valence-corrected chi connectivity index (χ1v) is 6.85. The fourth-order valence-electron chi connectivity index (χ4n) is 2.36. The normalized spacial score (nSPS) is 17.2. The summed E-state index contributed by atoms with van der Waals surface area (Å²) in [5, 5.41) is 11.8. The number of rotatable bonds is 5. The van der Waals surface area contributed by atoms with E-state index in [-0.39, 0.29) is 6.04 Å². The molecule has 1 aliphatic rings. The monoisotopic (exact) mass is 263 g/mol. The van der Waals surface area contributed by atoms with E-state index in [2.05, 4.69) is 0 Å². The van der Waals surface area contributed by atoms with E-state index in [1.165, 1.54) is 6.42 Å². The molecule has 104 valence electrons. The summed E-state index contributed by atoms with van der Waals surface area (Å²) < 4.78 is 11.7. The van der Waals surface area contributed by atoms with E-state index in [9.17, 15) is 5.21 Å². The SMILES string of the molecule is COc1ccc(OC/C=[N+](\[O-])C2CCCCC2)cc1. The van der Waals surface area contributed by atoms with Crippen molar-refractivity contribution in [2.24, 2.45) is 0 Å². The van der Waals surface area contributed by atoms with Gasteiger partial charge >= 0.3 is 0 Å². The molecule has 0 spiro atoms.